The molecule has 0 aliphatic carbocycles. The molecule has 0 aromatic heterocycles. The molecular weight excluding hydrogens is 351 g/mol. The highest BCUT2D eigenvalue weighted by Gasteiger charge is 2.28. The van der Waals surface area contributed by atoms with Crippen LogP contribution >= 0.6 is 15.9 Å². The normalized spacial score (nSPS) is 17.7. The molecule has 1 aliphatic rings. The van der Waals surface area contributed by atoms with E-state index in [1.54, 1.807) is 23.1 Å². The molecule has 2 amide bonds. The van der Waals surface area contributed by atoms with Crippen LogP contribution in [0.2, 0.25) is 0 Å². The topological polar surface area (TPSA) is 49.4 Å². The van der Waals surface area contributed by atoms with Crippen LogP contribution in [-0.2, 0) is 16.1 Å². The van der Waals surface area contributed by atoms with Gasteiger partial charge in [0, 0.05) is 36.1 Å². The number of halogens is 2. The van der Waals surface area contributed by atoms with Gasteiger partial charge in [-0.3, -0.25) is 9.59 Å². The first-order valence-electron chi connectivity index (χ1n) is 7.11. The number of amides is 2. The predicted octanol–water partition coefficient (Wildman–Crippen LogP) is 2.63. The van der Waals surface area contributed by atoms with E-state index in [-0.39, 0.29) is 30.1 Å². The maximum absolute atomic E-state index is 13.9. The largest absolute Gasteiger partial charge is 0.355 e. The number of piperidine rings is 1. The van der Waals surface area contributed by atoms with Crippen molar-refractivity contribution in [2.24, 2.45) is 5.92 Å². The van der Waals surface area contributed by atoms with Gasteiger partial charge in [-0.2, -0.15) is 0 Å². The summed E-state index contributed by atoms with van der Waals surface area (Å²) in [5, 5.41) is 2.70. The monoisotopic (exact) mass is 368 g/mol. The highest BCUT2D eigenvalue weighted by molar-refractivity contribution is 9.10. The Hall–Kier alpha value is -1.69. The fraction of sp³-hybridized carbons (Fsp3) is 0.375. The van der Waals surface area contributed by atoms with E-state index < -0.39 is 0 Å². The zero-order chi connectivity index (χ0) is 16.1. The van der Waals surface area contributed by atoms with Crippen molar-refractivity contribution in [3.8, 4) is 0 Å². The Morgan fingerprint density at radius 3 is 2.95 bits per heavy atom. The Morgan fingerprint density at radius 2 is 2.32 bits per heavy atom. The van der Waals surface area contributed by atoms with Crippen LogP contribution in [0.1, 0.15) is 18.4 Å². The summed E-state index contributed by atoms with van der Waals surface area (Å²) in [5.74, 6) is -0.716. The lowest BCUT2D eigenvalue weighted by Crippen LogP contribution is -2.44. The van der Waals surface area contributed by atoms with Crippen LogP contribution in [0.5, 0.6) is 0 Å². The summed E-state index contributed by atoms with van der Waals surface area (Å²) >= 11 is 3.31. The van der Waals surface area contributed by atoms with Crippen molar-refractivity contribution in [2.45, 2.75) is 19.4 Å². The predicted molar refractivity (Wildman–Crippen MR) is 85.4 cm³/mol. The van der Waals surface area contributed by atoms with Gasteiger partial charge in [-0.1, -0.05) is 22.0 Å². The highest BCUT2D eigenvalue weighted by atomic mass is 79.9. The van der Waals surface area contributed by atoms with E-state index in [0.29, 0.717) is 31.5 Å². The Bertz CT molecular complexity index is 582. The number of rotatable bonds is 5. The van der Waals surface area contributed by atoms with E-state index in [0.717, 1.165) is 4.47 Å². The third kappa shape index (κ3) is 4.16. The van der Waals surface area contributed by atoms with Gasteiger partial charge >= 0.3 is 0 Å². The summed E-state index contributed by atoms with van der Waals surface area (Å²) in [6.45, 7) is 4.52. The third-order valence-corrected chi connectivity index (χ3v) is 4.14. The molecule has 1 unspecified atom stereocenters. The minimum Gasteiger partial charge on any atom is -0.355 e. The van der Waals surface area contributed by atoms with Crippen LogP contribution in [0.3, 0.4) is 0 Å². The van der Waals surface area contributed by atoms with Crippen LogP contribution in [0.4, 0.5) is 4.39 Å². The van der Waals surface area contributed by atoms with Gasteiger partial charge in [0.05, 0.1) is 5.92 Å². The first kappa shape index (κ1) is 16.7. The summed E-state index contributed by atoms with van der Waals surface area (Å²) in [4.78, 5) is 25.4. The summed E-state index contributed by atoms with van der Waals surface area (Å²) in [7, 11) is 0. The maximum Gasteiger partial charge on any atom is 0.228 e. The standard InChI is InChI=1S/C16H18BrFN2O2/c1-2-7-20(10-12-8-13(17)4-5-14(12)18)16(22)11-3-6-15(21)19-9-11/h2,4-5,8,11H,1,3,6-7,9-10H2,(H,19,21). The fourth-order valence-electron chi connectivity index (χ4n) is 2.46. The first-order valence-corrected chi connectivity index (χ1v) is 7.91. The minimum atomic E-state index is -0.345. The fourth-order valence-corrected chi connectivity index (χ4v) is 2.87. The number of nitrogens with zero attached hydrogens (tertiary/aromatic N) is 1. The van der Waals surface area contributed by atoms with Crippen molar-refractivity contribution in [2.75, 3.05) is 13.1 Å². The second-order valence-electron chi connectivity index (χ2n) is 5.28. The van der Waals surface area contributed by atoms with Gasteiger partial charge in [-0.05, 0) is 24.6 Å². The molecule has 1 N–H and O–H groups in total. The molecule has 2 rings (SSSR count). The lowest BCUT2D eigenvalue weighted by Gasteiger charge is -2.29. The molecule has 1 atom stereocenters. The molecule has 1 aromatic carbocycles. The molecule has 0 radical (unpaired) electrons. The van der Waals surface area contributed by atoms with Crippen molar-refractivity contribution in [1.29, 1.82) is 0 Å². The first-order chi connectivity index (χ1) is 10.5. The molecule has 1 aromatic rings. The SMILES string of the molecule is C=CCN(Cc1cc(Br)ccc1F)C(=O)C1CCC(=O)NC1. The Labute approximate surface area is 137 Å². The van der Waals surface area contributed by atoms with Gasteiger partial charge < -0.3 is 10.2 Å². The number of hydrogen-bond acceptors (Lipinski definition) is 2. The molecule has 1 saturated heterocycles. The van der Waals surface area contributed by atoms with Crippen molar-refractivity contribution in [1.82, 2.24) is 10.2 Å². The Balaban J connectivity index is 2.11. The van der Waals surface area contributed by atoms with Gasteiger partial charge in [0.15, 0.2) is 0 Å². The van der Waals surface area contributed by atoms with Crippen molar-refractivity contribution >= 4 is 27.7 Å². The number of benzene rings is 1. The van der Waals surface area contributed by atoms with Crippen LogP contribution in [0.25, 0.3) is 0 Å². The highest BCUT2D eigenvalue weighted by Crippen LogP contribution is 2.20. The van der Waals surface area contributed by atoms with Crippen LogP contribution < -0.4 is 5.32 Å². The average Bonchev–Trinajstić information content (AvgIpc) is 2.50. The number of carbonyl (C=O) groups is 2. The molecule has 22 heavy (non-hydrogen) atoms. The van der Waals surface area contributed by atoms with Gasteiger partial charge in [-0.15, -0.1) is 6.58 Å². The van der Waals surface area contributed by atoms with Crippen molar-refractivity contribution in [3.05, 3.63) is 46.7 Å². The second-order valence-corrected chi connectivity index (χ2v) is 6.20. The van der Waals surface area contributed by atoms with E-state index in [2.05, 4.69) is 27.8 Å². The molecule has 6 heteroatoms. The van der Waals surface area contributed by atoms with Gasteiger partial charge in [0.2, 0.25) is 11.8 Å². The molecule has 4 nitrogen and oxygen atoms in total. The quantitative estimate of drug-likeness (QED) is 0.812. The second kappa shape index (κ2) is 7.54. The van der Waals surface area contributed by atoms with Crippen LogP contribution in [0, 0.1) is 11.7 Å². The lowest BCUT2D eigenvalue weighted by atomic mass is 9.97. The number of carbonyl (C=O) groups excluding carboxylic acids is 2. The van der Waals surface area contributed by atoms with Crippen LogP contribution in [-0.4, -0.2) is 29.8 Å². The van der Waals surface area contributed by atoms with Crippen molar-refractivity contribution < 1.29 is 14.0 Å². The molecule has 1 heterocycles. The summed E-state index contributed by atoms with van der Waals surface area (Å²) in [6, 6.07) is 4.66. The van der Waals surface area contributed by atoms with Crippen molar-refractivity contribution in [3.63, 3.8) is 0 Å². The van der Waals surface area contributed by atoms with Gasteiger partial charge in [0.1, 0.15) is 5.82 Å². The number of hydrogen-bond donors (Lipinski definition) is 1. The minimum absolute atomic E-state index is 0.0302. The van der Waals surface area contributed by atoms with E-state index in [1.807, 2.05) is 0 Å². The molecule has 118 valence electrons. The van der Waals surface area contributed by atoms with E-state index in [1.165, 1.54) is 6.07 Å². The zero-order valence-corrected chi connectivity index (χ0v) is 13.7. The Kier molecular flexibility index (Phi) is 5.71. The van der Waals surface area contributed by atoms with Gasteiger partial charge in [0.25, 0.3) is 0 Å². The number of nitrogens with one attached hydrogen (secondary N) is 1. The third-order valence-electron chi connectivity index (χ3n) is 3.64. The molecule has 1 aliphatic heterocycles. The summed E-state index contributed by atoms with van der Waals surface area (Å²) < 4.78 is 14.6. The molecule has 0 bridgehead atoms. The smallest absolute Gasteiger partial charge is 0.228 e. The van der Waals surface area contributed by atoms with Crippen LogP contribution in [0.15, 0.2) is 35.3 Å². The molecule has 1 fully saturated rings. The lowest BCUT2D eigenvalue weighted by molar-refractivity contribution is -0.137. The molecular formula is C16H18BrFN2O2. The van der Waals surface area contributed by atoms with E-state index in [9.17, 15) is 14.0 Å². The molecule has 0 saturated carbocycles. The van der Waals surface area contributed by atoms with Gasteiger partial charge in [-0.25, -0.2) is 4.39 Å². The average molecular weight is 369 g/mol. The maximum atomic E-state index is 13.9. The Morgan fingerprint density at radius 1 is 1.55 bits per heavy atom. The summed E-state index contributed by atoms with van der Waals surface area (Å²) in [6.07, 6.45) is 2.50. The zero-order valence-electron chi connectivity index (χ0n) is 12.1. The summed E-state index contributed by atoms with van der Waals surface area (Å²) in [5.41, 5.74) is 0.449. The van der Waals surface area contributed by atoms with E-state index >= 15 is 0 Å². The van der Waals surface area contributed by atoms with E-state index in [4.69, 9.17) is 0 Å². The molecule has 0 spiro atoms.